The number of halogens is 3. The van der Waals surface area contributed by atoms with E-state index in [1.807, 2.05) is 0 Å². The van der Waals surface area contributed by atoms with Crippen LogP contribution in [-0.4, -0.2) is 13.4 Å². The molecule has 2 aromatic rings. The number of sulfonamides is 1. The molecule has 106 valence electrons. The average molecular weight is 397 g/mol. The number of hydrogen-bond donors (Lipinski definition) is 2. The second-order valence-corrected chi connectivity index (χ2v) is 7.15. The first kappa shape index (κ1) is 15.4. The number of rotatable bonds is 3. The Morgan fingerprint density at radius 2 is 1.95 bits per heavy atom. The second kappa shape index (κ2) is 5.77. The largest absolute Gasteiger partial charge is 0.398 e. The maximum Gasteiger partial charge on any atom is 0.266 e. The first-order valence-electron chi connectivity index (χ1n) is 5.18. The lowest BCUT2D eigenvalue weighted by Crippen LogP contribution is -2.16. The number of anilines is 2. The summed E-state index contributed by atoms with van der Waals surface area (Å²) in [5.74, 6) is 0.151. The number of nitrogens with two attached hydrogens (primary N) is 1. The number of hydrogen-bond acceptors (Lipinski definition) is 4. The van der Waals surface area contributed by atoms with E-state index in [9.17, 15) is 8.42 Å². The van der Waals surface area contributed by atoms with Gasteiger partial charge in [0.2, 0.25) is 0 Å². The minimum atomic E-state index is -3.95. The van der Waals surface area contributed by atoms with Crippen molar-refractivity contribution >= 4 is 60.7 Å². The van der Waals surface area contributed by atoms with E-state index in [0.29, 0.717) is 0 Å². The highest BCUT2D eigenvalue weighted by Crippen LogP contribution is 2.32. The van der Waals surface area contributed by atoms with Gasteiger partial charge in [-0.25, -0.2) is 13.4 Å². The highest BCUT2D eigenvalue weighted by atomic mass is 79.9. The number of nitrogens with zero attached hydrogens (tertiary/aromatic N) is 1. The predicted molar refractivity (Wildman–Crippen MR) is 83.6 cm³/mol. The Bertz CT molecular complexity index is 728. The molecule has 0 saturated heterocycles. The summed E-state index contributed by atoms with van der Waals surface area (Å²) in [6, 6.07) is 5.78. The molecule has 0 atom stereocenters. The highest BCUT2D eigenvalue weighted by molar-refractivity contribution is 9.10. The number of benzene rings is 1. The van der Waals surface area contributed by atoms with E-state index in [1.165, 1.54) is 24.4 Å². The number of aromatic nitrogens is 1. The third kappa shape index (κ3) is 3.35. The van der Waals surface area contributed by atoms with Crippen molar-refractivity contribution in [2.24, 2.45) is 0 Å². The van der Waals surface area contributed by atoms with E-state index >= 15 is 0 Å². The van der Waals surface area contributed by atoms with Gasteiger partial charge in [0.05, 0.1) is 10.7 Å². The molecule has 0 radical (unpaired) electrons. The van der Waals surface area contributed by atoms with Crippen LogP contribution in [0, 0.1) is 0 Å². The maximum absolute atomic E-state index is 12.3. The van der Waals surface area contributed by atoms with Crippen molar-refractivity contribution in [2.75, 3.05) is 10.5 Å². The van der Waals surface area contributed by atoms with E-state index in [0.717, 1.165) is 4.47 Å². The van der Waals surface area contributed by atoms with E-state index in [-0.39, 0.29) is 26.4 Å². The Morgan fingerprint density at radius 1 is 1.25 bits per heavy atom. The van der Waals surface area contributed by atoms with Crippen LogP contribution in [0.25, 0.3) is 0 Å². The lowest BCUT2D eigenvalue weighted by atomic mass is 10.3. The van der Waals surface area contributed by atoms with Crippen molar-refractivity contribution in [1.82, 2.24) is 4.98 Å². The van der Waals surface area contributed by atoms with Gasteiger partial charge in [0.1, 0.15) is 10.7 Å². The Hall–Kier alpha value is -1.02. The van der Waals surface area contributed by atoms with Crippen LogP contribution in [0.5, 0.6) is 0 Å². The SMILES string of the molecule is Nc1cc(Cl)cc(Cl)c1S(=O)(=O)Nc1ccc(Br)cn1. The van der Waals surface area contributed by atoms with Crippen LogP contribution in [0.4, 0.5) is 11.5 Å². The van der Waals surface area contributed by atoms with Crippen molar-refractivity contribution < 1.29 is 8.42 Å². The predicted octanol–water partition coefficient (Wildman–Crippen LogP) is 3.53. The monoisotopic (exact) mass is 395 g/mol. The van der Waals surface area contributed by atoms with Crippen molar-refractivity contribution in [1.29, 1.82) is 0 Å². The van der Waals surface area contributed by atoms with Gasteiger partial charge in [-0.05, 0) is 40.2 Å². The van der Waals surface area contributed by atoms with Crippen LogP contribution in [0.1, 0.15) is 0 Å². The fraction of sp³-hybridized carbons (Fsp3) is 0. The number of pyridine rings is 1. The molecular weight excluding hydrogens is 389 g/mol. The number of nitrogen functional groups attached to an aromatic ring is 1. The summed E-state index contributed by atoms with van der Waals surface area (Å²) < 4.78 is 27.6. The molecule has 3 N–H and O–H groups in total. The van der Waals surface area contributed by atoms with Crippen LogP contribution in [-0.2, 0) is 10.0 Å². The molecule has 0 spiro atoms. The first-order valence-corrected chi connectivity index (χ1v) is 8.22. The van der Waals surface area contributed by atoms with Crippen molar-refractivity contribution in [2.45, 2.75) is 4.90 Å². The van der Waals surface area contributed by atoms with E-state index in [1.54, 1.807) is 6.07 Å². The van der Waals surface area contributed by atoms with Gasteiger partial charge in [-0.15, -0.1) is 0 Å². The zero-order chi connectivity index (χ0) is 14.9. The van der Waals surface area contributed by atoms with Gasteiger partial charge in [0, 0.05) is 15.7 Å². The molecule has 1 aromatic carbocycles. The highest BCUT2D eigenvalue weighted by Gasteiger charge is 2.22. The van der Waals surface area contributed by atoms with E-state index in [2.05, 4.69) is 25.6 Å². The second-order valence-electron chi connectivity index (χ2n) is 3.77. The summed E-state index contributed by atoms with van der Waals surface area (Å²) in [4.78, 5) is 3.69. The van der Waals surface area contributed by atoms with Gasteiger partial charge in [-0.1, -0.05) is 23.2 Å². The fourth-order valence-corrected chi connectivity index (χ4v) is 3.72. The molecule has 2 rings (SSSR count). The summed E-state index contributed by atoms with van der Waals surface area (Å²) >= 11 is 14.9. The molecule has 0 fully saturated rings. The summed E-state index contributed by atoms with van der Waals surface area (Å²) in [7, 11) is -3.95. The van der Waals surface area contributed by atoms with Gasteiger partial charge < -0.3 is 5.73 Å². The summed E-state index contributed by atoms with van der Waals surface area (Å²) in [5, 5.41) is 0.202. The zero-order valence-electron chi connectivity index (χ0n) is 9.77. The van der Waals surface area contributed by atoms with Crippen LogP contribution >= 0.6 is 39.1 Å². The lowest BCUT2D eigenvalue weighted by molar-refractivity contribution is 0.601. The molecule has 0 unspecified atom stereocenters. The van der Waals surface area contributed by atoms with Crippen LogP contribution in [0.2, 0.25) is 10.0 Å². The molecule has 20 heavy (non-hydrogen) atoms. The third-order valence-electron chi connectivity index (χ3n) is 2.27. The van der Waals surface area contributed by atoms with Crippen LogP contribution in [0.3, 0.4) is 0 Å². The normalized spacial score (nSPS) is 11.3. The minimum Gasteiger partial charge on any atom is -0.398 e. The molecular formula is C11H8BrCl2N3O2S. The molecule has 9 heteroatoms. The van der Waals surface area contributed by atoms with Gasteiger partial charge in [0.25, 0.3) is 10.0 Å². The Balaban J connectivity index is 2.43. The third-order valence-corrected chi connectivity index (χ3v) is 4.84. The molecule has 0 aliphatic carbocycles. The van der Waals surface area contributed by atoms with Gasteiger partial charge >= 0.3 is 0 Å². The van der Waals surface area contributed by atoms with Gasteiger partial charge in [0.15, 0.2) is 0 Å². The van der Waals surface area contributed by atoms with Crippen LogP contribution < -0.4 is 10.5 Å². The van der Waals surface area contributed by atoms with Crippen molar-refractivity contribution in [3.8, 4) is 0 Å². The van der Waals surface area contributed by atoms with Gasteiger partial charge in [-0.3, -0.25) is 4.72 Å². The Morgan fingerprint density at radius 3 is 2.50 bits per heavy atom. The van der Waals surface area contributed by atoms with E-state index in [4.69, 9.17) is 28.9 Å². The van der Waals surface area contributed by atoms with Crippen molar-refractivity contribution in [3.05, 3.63) is 45.0 Å². The molecule has 1 heterocycles. The van der Waals surface area contributed by atoms with E-state index < -0.39 is 10.0 Å². The average Bonchev–Trinajstić information content (AvgIpc) is 2.30. The summed E-state index contributed by atoms with van der Waals surface area (Å²) in [5.41, 5.74) is 5.64. The molecule has 0 saturated carbocycles. The molecule has 0 amide bonds. The fourth-order valence-electron chi connectivity index (χ4n) is 1.49. The van der Waals surface area contributed by atoms with Crippen LogP contribution in [0.15, 0.2) is 39.8 Å². The van der Waals surface area contributed by atoms with Crippen molar-refractivity contribution in [3.63, 3.8) is 0 Å². The Labute approximate surface area is 134 Å². The quantitative estimate of drug-likeness (QED) is 0.777. The molecule has 0 bridgehead atoms. The molecule has 1 aromatic heterocycles. The minimum absolute atomic E-state index is 0.0351. The zero-order valence-corrected chi connectivity index (χ0v) is 13.7. The molecule has 5 nitrogen and oxygen atoms in total. The number of nitrogens with one attached hydrogen (secondary N) is 1. The molecule has 0 aliphatic rings. The first-order chi connectivity index (χ1) is 9.29. The smallest absolute Gasteiger partial charge is 0.266 e. The summed E-state index contributed by atoms with van der Waals surface area (Å²) in [6.45, 7) is 0. The standard InChI is InChI=1S/C11H8BrCl2N3O2S/c12-6-1-2-10(16-5-6)17-20(18,19)11-8(14)3-7(13)4-9(11)15/h1-5H,15H2,(H,16,17). The lowest BCUT2D eigenvalue weighted by Gasteiger charge is -2.11. The molecule has 0 aliphatic heterocycles. The summed E-state index contributed by atoms with van der Waals surface area (Å²) in [6.07, 6.45) is 1.46. The maximum atomic E-state index is 12.3. The topological polar surface area (TPSA) is 85.1 Å². The van der Waals surface area contributed by atoms with Gasteiger partial charge in [-0.2, -0.15) is 0 Å². The Kier molecular flexibility index (Phi) is 4.43.